The molecule has 1 aliphatic rings. The number of nitrogens with zero attached hydrogens (tertiary/aromatic N) is 1. The van der Waals surface area contributed by atoms with Crippen LogP contribution >= 0.6 is 11.8 Å². The van der Waals surface area contributed by atoms with Gasteiger partial charge in [-0.1, -0.05) is 17.8 Å². The van der Waals surface area contributed by atoms with Crippen LogP contribution in [0.5, 0.6) is 0 Å². The molecule has 0 saturated carbocycles. The minimum Gasteiger partial charge on any atom is -0.363 e. The number of thioether (sulfide) groups is 1. The summed E-state index contributed by atoms with van der Waals surface area (Å²) in [5, 5.41) is 6.47. The molecule has 6 heteroatoms. The van der Waals surface area contributed by atoms with E-state index >= 15 is 0 Å². The van der Waals surface area contributed by atoms with Crippen LogP contribution in [0.2, 0.25) is 0 Å². The highest BCUT2D eigenvalue weighted by Crippen LogP contribution is 2.11. The number of amidine groups is 1. The second-order valence-electron chi connectivity index (χ2n) is 3.46. The SMILES string of the molecule is O=C(CSC1=NCCN1)Nc1cccc(F)c1. The van der Waals surface area contributed by atoms with E-state index in [9.17, 15) is 9.18 Å². The highest BCUT2D eigenvalue weighted by atomic mass is 32.2. The molecule has 0 atom stereocenters. The summed E-state index contributed by atoms with van der Waals surface area (Å²) < 4.78 is 12.9. The Labute approximate surface area is 103 Å². The molecule has 0 aromatic heterocycles. The molecule has 0 radical (unpaired) electrons. The maximum atomic E-state index is 12.9. The fourth-order valence-electron chi connectivity index (χ4n) is 1.37. The lowest BCUT2D eigenvalue weighted by Gasteiger charge is -2.05. The zero-order valence-corrected chi connectivity index (χ0v) is 9.89. The van der Waals surface area contributed by atoms with Gasteiger partial charge in [-0.15, -0.1) is 0 Å². The van der Waals surface area contributed by atoms with E-state index in [0.29, 0.717) is 5.69 Å². The number of carbonyl (C=O) groups is 1. The van der Waals surface area contributed by atoms with Crippen molar-refractivity contribution in [1.82, 2.24) is 5.32 Å². The van der Waals surface area contributed by atoms with Crippen LogP contribution < -0.4 is 10.6 Å². The van der Waals surface area contributed by atoms with Crippen molar-refractivity contribution in [3.05, 3.63) is 30.1 Å². The number of amides is 1. The molecule has 2 rings (SSSR count). The van der Waals surface area contributed by atoms with Crippen LogP contribution in [0.4, 0.5) is 10.1 Å². The predicted octanol–water partition coefficient (Wildman–Crippen LogP) is 1.46. The highest BCUT2D eigenvalue weighted by molar-refractivity contribution is 8.14. The molecule has 2 N–H and O–H groups in total. The first kappa shape index (κ1) is 11.9. The number of hydrogen-bond donors (Lipinski definition) is 2. The third kappa shape index (κ3) is 3.74. The summed E-state index contributed by atoms with van der Waals surface area (Å²) >= 11 is 1.35. The monoisotopic (exact) mass is 253 g/mol. The first-order valence-corrected chi connectivity index (χ1v) is 6.19. The first-order chi connectivity index (χ1) is 8.24. The average Bonchev–Trinajstić information content (AvgIpc) is 2.79. The molecule has 17 heavy (non-hydrogen) atoms. The van der Waals surface area contributed by atoms with E-state index in [-0.39, 0.29) is 17.5 Å². The van der Waals surface area contributed by atoms with Gasteiger partial charge in [0.2, 0.25) is 5.91 Å². The molecule has 0 saturated heterocycles. The predicted molar refractivity (Wildman–Crippen MR) is 67.8 cm³/mol. The summed E-state index contributed by atoms with van der Waals surface area (Å²) in [5.41, 5.74) is 0.469. The summed E-state index contributed by atoms with van der Waals surface area (Å²) in [5.74, 6) is -0.267. The zero-order valence-electron chi connectivity index (χ0n) is 9.07. The van der Waals surface area contributed by atoms with Crippen LogP contribution in [0.25, 0.3) is 0 Å². The van der Waals surface area contributed by atoms with Gasteiger partial charge in [0, 0.05) is 12.2 Å². The van der Waals surface area contributed by atoms with Crippen molar-refractivity contribution < 1.29 is 9.18 Å². The normalized spacial score (nSPS) is 14.1. The van der Waals surface area contributed by atoms with Gasteiger partial charge >= 0.3 is 0 Å². The summed E-state index contributed by atoms with van der Waals surface area (Å²) in [7, 11) is 0. The zero-order chi connectivity index (χ0) is 12.1. The molecule has 1 heterocycles. The molecule has 90 valence electrons. The standard InChI is InChI=1S/C11H12FN3OS/c12-8-2-1-3-9(6-8)15-10(16)7-17-11-13-4-5-14-11/h1-3,6H,4-5,7H2,(H,13,14)(H,15,16). The maximum Gasteiger partial charge on any atom is 0.234 e. The van der Waals surface area contributed by atoms with E-state index in [2.05, 4.69) is 15.6 Å². The number of halogens is 1. The van der Waals surface area contributed by atoms with E-state index in [1.54, 1.807) is 12.1 Å². The molecule has 1 aromatic carbocycles. The van der Waals surface area contributed by atoms with Crippen molar-refractivity contribution in [3.63, 3.8) is 0 Å². The van der Waals surface area contributed by atoms with Gasteiger partial charge in [0.25, 0.3) is 0 Å². The van der Waals surface area contributed by atoms with E-state index < -0.39 is 0 Å². The molecule has 0 spiro atoms. The van der Waals surface area contributed by atoms with Crippen molar-refractivity contribution in [1.29, 1.82) is 0 Å². The quantitative estimate of drug-likeness (QED) is 0.857. The van der Waals surface area contributed by atoms with Gasteiger partial charge in [-0.05, 0) is 18.2 Å². The van der Waals surface area contributed by atoms with E-state index in [1.807, 2.05) is 0 Å². The third-order valence-corrected chi connectivity index (χ3v) is 3.05. The molecular formula is C11H12FN3OS. The minimum absolute atomic E-state index is 0.169. The second-order valence-corrected chi connectivity index (χ2v) is 4.42. The van der Waals surface area contributed by atoms with Crippen LogP contribution in [0.1, 0.15) is 0 Å². The van der Waals surface area contributed by atoms with E-state index in [4.69, 9.17) is 0 Å². The van der Waals surface area contributed by atoms with Crippen molar-refractivity contribution in [2.45, 2.75) is 0 Å². The Balaban J connectivity index is 1.80. The third-order valence-electron chi connectivity index (χ3n) is 2.09. The fraction of sp³-hybridized carbons (Fsp3) is 0.273. The summed E-state index contributed by atoms with van der Waals surface area (Å²) in [6.45, 7) is 1.59. The Morgan fingerprint density at radius 1 is 1.59 bits per heavy atom. The van der Waals surface area contributed by atoms with Crippen molar-refractivity contribution >= 4 is 28.5 Å². The molecule has 0 fully saturated rings. The van der Waals surface area contributed by atoms with Gasteiger partial charge in [-0.2, -0.15) is 0 Å². The smallest absolute Gasteiger partial charge is 0.234 e. The lowest BCUT2D eigenvalue weighted by atomic mass is 10.3. The molecule has 1 amide bonds. The van der Waals surface area contributed by atoms with Crippen LogP contribution in [0.15, 0.2) is 29.3 Å². The Bertz CT molecular complexity index is 450. The summed E-state index contributed by atoms with van der Waals surface area (Å²) in [6.07, 6.45) is 0. The minimum atomic E-state index is -0.364. The Morgan fingerprint density at radius 3 is 3.18 bits per heavy atom. The number of hydrogen-bond acceptors (Lipinski definition) is 4. The molecule has 0 bridgehead atoms. The number of aliphatic imine (C=N–C) groups is 1. The summed E-state index contributed by atoms with van der Waals surface area (Å²) in [6, 6.07) is 5.83. The van der Waals surface area contributed by atoms with Crippen molar-refractivity contribution in [2.24, 2.45) is 4.99 Å². The van der Waals surface area contributed by atoms with Crippen LogP contribution in [-0.4, -0.2) is 29.9 Å². The Kier molecular flexibility index (Phi) is 3.98. The number of carbonyl (C=O) groups excluding carboxylic acids is 1. The average molecular weight is 253 g/mol. The molecule has 1 aromatic rings. The number of benzene rings is 1. The molecule has 1 aliphatic heterocycles. The van der Waals surface area contributed by atoms with Crippen LogP contribution in [0, 0.1) is 5.82 Å². The van der Waals surface area contributed by atoms with Gasteiger partial charge in [-0.3, -0.25) is 9.79 Å². The number of rotatable bonds is 3. The first-order valence-electron chi connectivity index (χ1n) is 5.20. The lowest BCUT2D eigenvalue weighted by molar-refractivity contribution is -0.113. The molecular weight excluding hydrogens is 241 g/mol. The van der Waals surface area contributed by atoms with E-state index in [0.717, 1.165) is 18.3 Å². The molecule has 0 unspecified atom stereocenters. The molecule has 0 aliphatic carbocycles. The Hall–Kier alpha value is -1.56. The van der Waals surface area contributed by atoms with E-state index in [1.165, 1.54) is 23.9 Å². The summed E-state index contributed by atoms with van der Waals surface area (Å²) in [4.78, 5) is 15.7. The van der Waals surface area contributed by atoms with Gasteiger partial charge in [-0.25, -0.2) is 4.39 Å². The number of anilines is 1. The molecule has 4 nitrogen and oxygen atoms in total. The van der Waals surface area contributed by atoms with Gasteiger partial charge in [0.05, 0.1) is 12.3 Å². The van der Waals surface area contributed by atoms with Gasteiger partial charge in [0.15, 0.2) is 5.17 Å². The second kappa shape index (κ2) is 5.67. The number of nitrogens with one attached hydrogen (secondary N) is 2. The lowest BCUT2D eigenvalue weighted by Crippen LogP contribution is -2.20. The van der Waals surface area contributed by atoms with Crippen molar-refractivity contribution in [3.8, 4) is 0 Å². The van der Waals surface area contributed by atoms with Crippen molar-refractivity contribution in [2.75, 3.05) is 24.2 Å². The van der Waals surface area contributed by atoms with Gasteiger partial charge in [0.1, 0.15) is 5.82 Å². The highest BCUT2D eigenvalue weighted by Gasteiger charge is 2.09. The fourth-order valence-corrected chi connectivity index (χ4v) is 2.10. The van der Waals surface area contributed by atoms with Crippen LogP contribution in [0.3, 0.4) is 0 Å². The Morgan fingerprint density at radius 2 is 2.47 bits per heavy atom. The topological polar surface area (TPSA) is 53.5 Å². The maximum absolute atomic E-state index is 12.9. The van der Waals surface area contributed by atoms with Gasteiger partial charge < -0.3 is 10.6 Å². The van der Waals surface area contributed by atoms with Crippen LogP contribution in [-0.2, 0) is 4.79 Å². The largest absolute Gasteiger partial charge is 0.363 e.